The molecule has 1 aliphatic carbocycles. The molecule has 150 valence electrons. The molecular weight excluding hydrogens is 384 g/mol. The molecule has 1 saturated carbocycles. The predicted octanol–water partition coefficient (Wildman–Crippen LogP) is 4.33. The van der Waals surface area contributed by atoms with E-state index < -0.39 is 0 Å². The number of hydrogen-bond donors (Lipinski definition) is 1. The quantitative estimate of drug-likeness (QED) is 0.562. The van der Waals surface area contributed by atoms with Gasteiger partial charge in [0.1, 0.15) is 11.6 Å². The first-order chi connectivity index (χ1) is 14.2. The molecule has 0 bridgehead atoms. The van der Waals surface area contributed by atoms with E-state index in [-0.39, 0.29) is 11.2 Å². The summed E-state index contributed by atoms with van der Waals surface area (Å²) in [6.45, 7) is 2.59. The van der Waals surface area contributed by atoms with Gasteiger partial charge in [-0.3, -0.25) is 4.79 Å². The number of aromatic nitrogens is 3. The van der Waals surface area contributed by atoms with E-state index in [1.165, 1.54) is 17.3 Å². The highest BCUT2D eigenvalue weighted by atomic mass is 32.2. The summed E-state index contributed by atoms with van der Waals surface area (Å²) < 4.78 is 7.48. The van der Waals surface area contributed by atoms with Crippen LogP contribution in [0.3, 0.4) is 0 Å². The number of nitrogens with one attached hydrogen (secondary N) is 1. The first-order valence-electron chi connectivity index (χ1n) is 9.73. The molecule has 0 saturated heterocycles. The van der Waals surface area contributed by atoms with Gasteiger partial charge in [-0.2, -0.15) is 0 Å². The first-order valence-corrected chi connectivity index (χ1v) is 10.6. The number of benzene rings is 2. The predicted molar refractivity (Wildman–Crippen MR) is 114 cm³/mol. The topological polar surface area (TPSA) is 69.0 Å². The Morgan fingerprint density at radius 2 is 1.90 bits per heavy atom. The van der Waals surface area contributed by atoms with Crippen LogP contribution in [0.5, 0.6) is 5.75 Å². The average Bonchev–Trinajstić information content (AvgIpc) is 3.52. The van der Waals surface area contributed by atoms with E-state index in [0.29, 0.717) is 23.9 Å². The molecule has 3 aromatic rings. The fraction of sp³-hybridized carbons (Fsp3) is 0.318. The second-order valence-electron chi connectivity index (χ2n) is 7.14. The summed E-state index contributed by atoms with van der Waals surface area (Å²) in [7, 11) is 1.59. The molecule has 2 aromatic carbocycles. The van der Waals surface area contributed by atoms with Crippen molar-refractivity contribution >= 4 is 23.4 Å². The number of carbonyl (C=O) groups excluding carboxylic acids is 1. The molecule has 1 fully saturated rings. The lowest BCUT2D eigenvalue weighted by Gasteiger charge is -2.15. The Bertz CT molecular complexity index is 985. The zero-order valence-electron chi connectivity index (χ0n) is 16.5. The summed E-state index contributed by atoms with van der Waals surface area (Å²) in [4.78, 5) is 12.8. The van der Waals surface area contributed by atoms with E-state index in [2.05, 4.69) is 32.2 Å². The number of carbonyl (C=O) groups is 1. The highest BCUT2D eigenvalue weighted by Crippen LogP contribution is 2.40. The van der Waals surface area contributed by atoms with E-state index in [9.17, 15) is 4.79 Å². The van der Waals surface area contributed by atoms with Crippen molar-refractivity contribution in [1.29, 1.82) is 0 Å². The van der Waals surface area contributed by atoms with Crippen molar-refractivity contribution in [2.75, 3.05) is 12.4 Å². The van der Waals surface area contributed by atoms with Gasteiger partial charge in [-0.15, -0.1) is 10.2 Å². The molecule has 1 atom stereocenters. The maximum absolute atomic E-state index is 12.8. The number of methoxy groups -OCH3 is 1. The molecule has 1 aromatic heterocycles. The Kier molecular flexibility index (Phi) is 5.85. The van der Waals surface area contributed by atoms with Crippen LogP contribution in [0.2, 0.25) is 0 Å². The molecule has 1 amide bonds. The monoisotopic (exact) mass is 408 g/mol. The Labute approximate surface area is 174 Å². The number of rotatable bonds is 8. The van der Waals surface area contributed by atoms with E-state index in [1.807, 2.05) is 49.4 Å². The molecule has 4 rings (SSSR count). The van der Waals surface area contributed by atoms with Gasteiger partial charge >= 0.3 is 0 Å². The minimum atomic E-state index is -0.328. The maximum atomic E-state index is 12.8. The summed E-state index contributed by atoms with van der Waals surface area (Å²) in [5.74, 6) is 2.05. The van der Waals surface area contributed by atoms with Crippen molar-refractivity contribution in [2.24, 2.45) is 0 Å². The van der Waals surface area contributed by atoms with Crippen molar-refractivity contribution in [3.05, 3.63) is 66.0 Å². The van der Waals surface area contributed by atoms with Crippen LogP contribution in [-0.4, -0.2) is 33.0 Å². The Morgan fingerprint density at radius 3 is 2.62 bits per heavy atom. The summed E-state index contributed by atoms with van der Waals surface area (Å²) >= 11 is 1.43. The molecule has 29 heavy (non-hydrogen) atoms. The number of para-hydroxylation sites is 2. The smallest absolute Gasteiger partial charge is 0.237 e. The van der Waals surface area contributed by atoms with Gasteiger partial charge in [-0.25, -0.2) is 0 Å². The lowest BCUT2D eigenvalue weighted by atomic mass is 10.2. The van der Waals surface area contributed by atoms with Gasteiger partial charge < -0.3 is 14.6 Å². The maximum Gasteiger partial charge on any atom is 0.237 e. The third-order valence-electron chi connectivity index (χ3n) is 4.89. The molecule has 1 N–H and O–H groups in total. The molecule has 1 aliphatic rings. The summed E-state index contributed by atoms with van der Waals surface area (Å²) in [6, 6.07) is 17.7. The third-order valence-corrected chi connectivity index (χ3v) is 5.97. The van der Waals surface area contributed by atoms with Crippen LogP contribution in [0.15, 0.2) is 59.8 Å². The lowest BCUT2D eigenvalue weighted by molar-refractivity contribution is -0.115. The average molecular weight is 409 g/mol. The highest BCUT2D eigenvalue weighted by Gasteiger charge is 2.31. The van der Waals surface area contributed by atoms with E-state index in [4.69, 9.17) is 4.74 Å². The van der Waals surface area contributed by atoms with Crippen LogP contribution in [-0.2, 0) is 11.3 Å². The van der Waals surface area contributed by atoms with Crippen molar-refractivity contribution in [1.82, 2.24) is 14.8 Å². The van der Waals surface area contributed by atoms with E-state index in [1.54, 1.807) is 7.11 Å². The molecule has 0 radical (unpaired) electrons. The molecule has 1 heterocycles. The Balaban J connectivity index is 1.50. The number of amides is 1. The lowest BCUT2D eigenvalue weighted by Crippen LogP contribution is -2.23. The molecule has 0 unspecified atom stereocenters. The zero-order valence-corrected chi connectivity index (χ0v) is 17.4. The Hall–Kier alpha value is -2.80. The minimum Gasteiger partial charge on any atom is -0.495 e. The van der Waals surface area contributed by atoms with Crippen LogP contribution in [0.25, 0.3) is 0 Å². The van der Waals surface area contributed by atoms with Crippen LogP contribution in [0, 0.1) is 0 Å². The van der Waals surface area contributed by atoms with Crippen LogP contribution in [0.1, 0.15) is 37.1 Å². The van der Waals surface area contributed by atoms with Crippen molar-refractivity contribution in [3.8, 4) is 5.75 Å². The summed E-state index contributed by atoms with van der Waals surface area (Å²) in [5.41, 5.74) is 1.86. The van der Waals surface area contributed by atoms with Crippen LogP contribution in [0.4, 0.5) is 5.69 Å². The zero-order chi connectivity index (χ0) is 20.2. The Morgan fingerprint density at radius 1 is 1.17 bits per heavy atom. The first kappa shape index (κ1) is 19.5. The molecule has 0 spiro atoms. The largest absolute Gasteiger partial charge is 0.495 e. The minimum absolute atomic E-state index is 0.0956. The number of ether oxygens (including phenoxy) is 1. The number of hydrogen-bond acceptors (Lipinski definition) is 5. The second-order valence-corrected chi connectivity index (χ2v) is 8.44. The third kappa shape index (κ3) is 4.62. The fourth-order valence-corrected chi connectivity index (χ4v) is 3.99. The number of thioether (sulfide) groups is 1. The van der Waals surface area contributed by atoms with Crippen LogP contribution < -0.4 is 10.1 Å². The molecular formula is C22H24N4O2S. The molecule has 6 nitrogen and oxygen atoms in total. The normalized spacial score (nSPS) is 14.4. The fourth-order valence-electron chi connectivity index (χ4n) is 3.14. The standard InChI is InChI=1S/C22H24N4O2S/c1-15(21(27)23-18-10-6-7-11-19(18)28-2)29-22-25-24-20(17-12-13-17)26(22)14-16-8-4-3-5-9-16/h3-11,15,17H,12-14H2,1-2H3,(H,23,27)/t15-/m0/s1. The molecule has 0 aliphatic heterocycles. The number of anilines is 1. The van der Waals surface area contributed by atoms with Crippen molar-refractivity contribution in [2.45, 2.75) is 42.6 Å². The SMILES string of the molecule is COc1ccccc1NC(=O)[C@H](C)Sc1nnc(C2CC2)n1Cc1ccccc1. The summed E-state index contributed by atoms with van der Waals surface area (Å²) in [5, 5.41) is 12.2. The van der Waals surface area contributed by atoms with E-state index >= 15 is 0 Å². The van der Waals surface area contributed by atoms with Gasteiger partial charge in [-0.05, 0) is 37.5 Å². The van der Waals surface area contributed by atoms with Gasteiger partial charge in [0.05, 0.1) is 24.6 Å². The van der Waals surface area contributed by atoms with Gasteiger partial charge in [0, 0.05) is 5.92 Å². The van der Waals surface area contributed by atoms with Gasteiger partial charge in [0.25, 0.3) is 0 Å². The van der Waals surface area contributed by atoms with Crippen LogP contribution >= 0.6 is 11.8 Å². The van der Waals surface area contributed by atoms with Gasteiger partial charge in [-0.1, -0.05) is 54.2 Å². The van der Waals surface area contributed by atoms with Crippen molar-refractivity contribution in [3.63, 3.8) is 0 Å². The van der Waals surface area contributed by atoms with E-state index in [0.717, 1.165) is 23.8 Å². The second kappa shape index (κ2) is 8.69. The van der Waals surface area contributed by atoms with Crippen molar-refractivity contribution < 1.29 is 9.53 Å². The summed E-state index contributed by atoms with van der Waals surface area (Å²) in [6.07, 6.45) is 2.31. The molecule has 7 heteroatoms. The van der Waals surface area contributed by atoms with Gasteiger partial charge in [0.2, 0.25) is 5.91 Å². The van der Waals surface area contributed by atoms with Gasteiger partial charge in [0.15, 0.2) is 5.16 Å². The number of nitrogens with zero attached hydrogens (tertiary/aromatic N) is 3. The highest BCUT2D eigenvalue weighted by molar-refractivity contribution is 8.00.